The molecular formula is C25H25N3O6. The minimum absolute atomic E-state index is 0.0459. The van der Waals surface area contributed by atoms with E-state index in [1.807, 2.05) is 19.1 Å². The van der Waals surface area contributed by atoms with E-state index in [-0.39, 0.29) is 24.6 Å². The summed E-state index contributed by atoms with van der Waals surface area (Å²) in [6.07, 6.45) is 0. The quantitative estimate of drug-likeness (QED) is 0.303. The van der Waals surface area contributed by atoms with Crippen LogP contribution in [-0.4, -0.2) is 46.7 Å². The molecule has 0 atom stereocenters. The van der Waals surface area contributed by atoms with Crippen LogP contribution in [0.3, 0.4) is 0 Å². The van der Waals surface area contributed by atoms with Crippen molar-refractivity contribution >= 4 is 23.5 Å². The maximum atomic E-state index is 12.7. The van der Waals surface area contributed by atoms with E-state index in [1.54, 1.807) is 54.0 Å². The standard InChI is InChI=1S/C18H17N3O5.C7H8O/c1-26-15-5-3-2-4-14(15)21-16(22)11-20(18(21)24)10-12-6-8-13(9-7-12)17(23)19-25;1-6-2-4-7(8)5-3-6/h2-9,25H,10-11H2,1H3,(H,19,23);2-5,8H,1H3. The van der Waals surface area contributed by atoms with Crippen molar-refractivity contribution in [2.24, 2.45) is 0 Å². The Bertz CT molecular complexity index is 1140. The Morgan fingerprint density at radius 1 is 1.00 bits per heavy atom. The monoisotopic (exact) mass is 463 g/mol. The SMILES string of the molecule is COc1ccccc1N1C(=O)CN(Cc2ccc(C(=O)NO)cc2)C1=O.Cc1ccc(O)cc1. The summed E-state index contributed by atoms with van der Waals surface area (Å²) in [4.78, 5) is 38.9. The van der Waals surface area contributed by atoms with E-state index in [1.165, 1.54) is 29.7 Å². The Kier molecular flexibility index (Phi) is 7.83. The summed E-state index contributed by atoms with van der Waals surface area (Å²) in [7, 11) is 1.48. The number of para-hydroxylation sites is 2. The number of benzene rings is 3. The maximum absolute atomic E-state index is 12.7. The first-order valence-corrected chi connectivity index (χ1v) is 10.4. The zero-order valence-electron chi connectivity index (χ0n) is 18.8. The number of aromatic hydroxyl groups is 1. The third-order valence-corrected chi connectivity index (χ3v) is 5.09. The Hall–Kier alpha value is -4.37. The van der Waals surface area contributed by atoms with Gasteiger partial charge in [0.1, 0.15) is 18.0 Å². The van der Waals surface area contributed by atoms with Gasteiger partial charge in [0.05, 0.1) is 12.8 Å². The first-order valence-electron chi connectivity index (χ1n) is 10.4. The summed E-state index contributed by atoms with van der Waals surface area (Å²) in [5.74, 6) is -0.187. The van der Waals surface area contributed by atoms with Gasteiger partial charge in [-0.3, -0.25) is 14.8 Å². The third kappa shape index (κ3) is 5.70. The molecular weight excluding hydrogens is 438 g/mol. The normalized spacial score (nSPS) is 12.8. The molecule has 1 heterocycles. The molecule has 1 aliphatic heterocycles. The molecule has 176 valence electrons. The van der Waals surface area contributed by atoms with Crippen molar-refractivity contribution < 1.29 is 29.4 Å². The molecule has 34 heavy (non-hydrogen) atoms. The second-order valence-electron chi connectivity index (χ2n) is 7.51. The van der Waals surface area contributed by atoms with Crippen LogP contribution in [0.15, 0.2) is 72.8 Å². The number of urea groups is 1. The lowest BCUT2D eigenvalue weighted by molar-refractivity contribution is -0.116. The van der Waals surface area contributed by atoms with Gasteiger partial charge >= 0.3 is 6.03 Å². The zero-order chi connectivity index (χ0) is 24.7. The predicted octanol–water partition coefficient (Wildman–Crippen LogP) is 3.48. The number of carbonyl (C=O) groups is 3. The van der Waals surface area contributed by atoms with Crippen molar-refractivity contribution in [1.82, 2.24) is 10.4 Å². The van der Waals surface area contributed by atoms with Crippen LogP contribution in [0.2, 0.25) is 0 Å². The number of rotatable bonds is 5. The van der Waals surface area contributed by atoms with Gasteiger partial charge in [0.15, 0.2) is 0 Å². The predicted molar refractivity (Wildman–Crippen MR) is 125 cm³/mol. The molecule has 0 radical (unpaired) electrons. The number of amides is 4. The lowest BCUT2D eigenvalue weighted by atomic mass is 10.1. The van der Waals surface area contributed by atoms with Crippen LogP contribution >= 0.6 is 0 Å². The van der Waals surface area contributed by atoms with Gasteiger partial charge in [-0.05, 0) is 48.9 Å². The molecule has 0 spiro atoms. The van der Waals surface area contributed by atoms with Gasteiger partial charge < -0.3 is 14.7 Å². The molecule has 4 amide bonds. The summed E-state index contributed by atoms with van der Waals surface area (Å²) in [6, 6.07) is 19.9. The lowest BCUT2D eigenvalue weighted by Gasteiger charge is -2.19. The van der Waals surface area contributed by atoms with Gasteiger partial charge in [0.25, 0.3) is 11.8 Å². The Morgan fingerprint density at radius 3 is 2.24 bits per heavy atom. The number of nitrogens with zero attached hydrogens (tertiary/aromatic N) is 2. The number of carbonyl (C=O) groups excluding carboxylic acids is 3. The largest absolute Gasteiger partial charge is 0.508 e. The number of methoxy groups -OCH3 is 1. The number of hydroxylamine groups is 1. The van der Waals surface area contributed by atoms with Gasteiger partial charge in [-0.2, -0.15) is 0 Å². The van der Waals surface area contributed by atoms with Gasteiger partial charge in [-0.25, -0.2) is 15.2 Å². The number of ether oxygens (including phenoxy) is 1. The molecule has 9 heteroatoms. The highest BCUT2D eigenvalue weighted by atomic mass is 16.5. The van der Waals surface area contributed by atoms with Crippen molar-refractivity contribution in [3.63, 3.8) is 0 Å². The summed E-state index contributed by atoms with van der Waals surface area (Å²) >= 11 is 0. The number of imide groups is 1. The number of hydrogen-bond donors (Lipinski definition) is 3. The Labute approximate surface area is 196 Å². The molecule has 1 fully saturated rings. The van der Waals surface area contributed by atoms with Gasteiger partial charge in [-0.1, -0.05) is 42.0 Å². The van der Waals surface area contributed by atoms with Gasteiger partial charge in [0.2, 0.25) is 0 Å². The summed E-state index contributed by atoms with van der Waals surface area (Å²) in [5.41, 5.74) is 4.17. The molecule has 1 aliphatic rings. The Balaban J connectivity index is 0.000000343. The third-order valence-electron chi connectivity index (χ3n) is 5.09. The van der Waals surface area contributed by atoms with E-state index in [0.717, 1.165) is 10.5 Å². The first kappa shape index (κ1) is 24.3. The van der Waals surface area contributed by atoms with Crippen molar-refractivity contribution in [3.05, 3.63) is 89.5 Å². The van der Waals surface area contributed by atoms with E-state index >= 15 is 0 Å². The molecule has 4 rings (SSSR count). The second kappa shape index (κ2) is 11.0. The van der Waals surface area contributed by atoms with E-state index in [2.05, 4.69) is 0 Å². The number of anilines is 1. The average Bonchev–Trinajstić information content (AvgIpc) is 3.13. The number of phenolic OH excluding ortho intramolecular Hbond substituents is 1. The van der Waals surface area contributed by atoms with E-state index in [4.69, 9.17) is 15.1 Å². The summed E-state index contributed by atoms with van der Waals surface area (Å²) in [5, 5.41) is 17.4. The summed E-state index contributed by atoms with van der Waals surface area (Å²) in [6.45, 7) is 2.16. The fraction of sp³-hybridized carbons (Fsp3) is 0.160. The molecule has 3 aromatic rings. The second-order valence-corrected chi connectivity index (χ2v) is 7.51. The van der Waals surface area contributed by atoms with Crippen molar-refractivity contribution in [1.29, 1.82) is 0 Å². The lowest BCUT2D eigenvalue weighted by Crippen LogP contribution is -2.33. The highest BCUT2D eigenvalue weighted by Gasteiger charge is 2.38. The van der Waals surface area contributed by atoms with Gasteiger partial charge in [-0.15, -0.1) is 0 Å². The number of hydrogen-bond acceptors (Lipinski definition) is 6. The number of nitrogens with one attached hydrogen (secondary N) is 1. The summed E-state index contributed by atoms with van der Waals surface area (Å²) < 4.78 is 5.23. The average molecular weight is 463 g/mol. The van der Waals surface area contributed by atoms with E-state index < -0.39 is 11.9 Å². The van der Waals surface area contributed by atoms with Crippen molar-refractivity contribution in [2.75, 3.05) is 18.6 Å². The molecule has 3 aromatic carbocycles. The Morgan fingerprint density at radius 2 is 1.65 bits per heavy atom. The van der Waals surface area contributed by atoms with Crippen LogP contribution in [0.1, 0.15) is 21.5 Å². The van der Waals surface area contributed by atoms with Crippen LogP contribution in [0.25, 0.3) is 0 Å². The van der Waals surface area contributed by atoms with Crippen LogP contribution in [-0.2, 0) is 11.3 Å². The van der Waals surface area contributed by atoms with Gasteiger partial charge in [0, 0.05) is 12.1 Å². The molecule has 9 nitrogen and oxygen atoms in total. The van der Waals surface area contributed by atoms with Crippen LogP contribution < -0.4 is 15.1 Å². The molecule has 0 unspecified atom stereocenters. The topological polar surface area (TPSA) is 119 Å². The highest BCUT2D eigenvalue weighted by Crippen LogP contribution is 2.31. The molecule has 3 N–H and O–H groups in total. The molecule has 0 bridgehead atoms. The van der Waals surface area contributed by atoms with Crippen LogP contribution in [0.5, 0.6) is 11.5 Å². The highest BCUT2D eigenvalue weighted by molar-refractivity contribution is 6.20. The molecule has 0 aromatic heterocycles. The van der Waals surface area contributed by atoms with E-state index in [0.29, 0.717) is 17.2 Å². The van der Waals surface area contributed by atoms with E-state index in [9.17, 15) is 14.4 Å². The minimum Gasteiger partial charge on any atom is -0.508 e. The maximum Gasteiger partial charge on any atom is 0.332 e. The van der Waals surface area contributed by atoms with Crippen molar-refractivity contribution in [3.8, 4) is 11.5 Å². The zero-order valence-corrected chi connectivity index (χ0v) is 18.8. The first-order chi connectivity index (χ1) is 16.3. The molecule has 1 saturated heterocycles. The van der Waals surface area contributed by atoms with Crippen molar-refractivity contribution in [2.45, 2.75) is 13.5 Å². The molecule has 0 saturated carbocycles. The number of aryl methyl sites for hydroxylation is 1. The minimum atomic E-state index is -0.619. The van der Waals surface area contributed by atoms with Crippen LogP contribution in [0.4, 0.5) is 10.5 Å². The molecule has 0 aliphatic carbocycles. The number of phenols is 1. The smallest absolute Gasteiger partial charge is 0.332 e. The van der Waals surface area contributed by atoms with Crippen LogP contribution in [0, 0.1) is 6.92 Å². The fourth-order valence-corrected chi connectivity index (χ4v) is 3.32. The fourth-order valence-electron chi connectivity index (χ4n) is 3.32.